The van der Waals surface area contributed by atoms with Crippen molar-refractivity contribution in [3.8, 4) is 23.0 Å². The van der Waals surface area contributed by atoms with Crippen molar-refractivity contribution in [1.29, 1.82) is 0 Å². The van der Waals surface area contributed by atoms with Crippen LogP contribution in [0.15, 0.2) is 30.5 Å². The van der Waals surface area contributed by atoms with Crippen LogP contribution in [0.3, 0.4) is 0 Å². The Labute approximate surface area is 253 Å². The first kappa shape index (κ1) is 28.1. The van der Waals surface area contributed by atoms with Crippen molar-refractivity contribution >= 4 is 38.7 Å². The molecule has 4 saturated heterocycles. The molecular formula is C31H29F4N5O3S. The summed E-state index contributed by atoms with van der Waals surface area (Å²) < 4.78 is 79.3. The Morgan fingerprint density at radius 2 is 1.86 bits per heavy atom. The maximum Gasteiger partial charge on any atom is 0.319 e. The van der Waals surface area contributed by atoms with E-state index in [0.717, 1.165) is 44.4 Å². The molecule has 1 N–H and O–H groups in total. The second-order valence-electron chi connectivity index (χ2n) is 12.4. The summed E-state index contributed by atoms with van der Waals surface area (Å²) in [6.45, 7) is 2.18. The van der Waals surface area contributed by atoms with Gasteiger partial charge in [0.15, 0.2) is 17.5 Å². The standard InChI is InChI=1S/C31H29F4N5O3S/c32-17-10-31(6-1-7-40(31)12-17)15-43-30-37-28-22(29(38-30)39-13-19-3-4-20(14-39)44(19)42)11-36-27(26(28)35)21-9-18(41)8-16-2-5-23(33)25(34)24(16)21/h2,5,8-9,11,17,19-20,41H,1,3-4,6-7,10,12-15H2/t17-,19-,20+,31+,44?/m1/s1. The molecule has 4 aromatic rings. The van der Waals surface area contributed by atoms with Gasteiger partial charge in [0.25, 0.3) is 0 Å². The van der Waals surface area contributed by atoms with Crippen LogP contribution in [-0.2, 0) is 11.2 Å². The minimum atomic E-state index is -1.19. The highest BCUT2D eigenvalue weighted by molar-refractivity contribution is 7.93. The number of aromatic nitrogens is 3. The van der Waals surface area contributed by atoms with Gasteiger partial charge in [-0.05, 0) is 54.1 Å². The Hall–Kier alpha value is -3.42. The van der Waals surface area contributed by atoms with E-state index in [1.54, 1.807) is 0 Å². The molecular weight excluding hydrogens is 598 g/mol. The van der Waals surface area contributed by atoms with Crippen LogP contribution in [0.2, 0.25) is 0 Å². The average Bonchev–Trinajstić information content (AvgIpc) is 3.58. The van der Waals surface area contributed by atoms with E-state index in [-0.39, 0.29) is 61.8 Å². The number of ether oxygens (including phenoxy) is 1. The van der Waals surface area contributed by atoms with Crippen LogP contribution in [0.5, 0.6) is 11.8 Å². The molecule has 0 aliphatic carbocycles. The zero-order chi connectivity index (χ0) is 30.3. The van der Waals surface area contributed by atoms with E-state index in [1.165, 1.54) is 18.3 Å². The quantitative estimate of drug-likeness (QED) is 0.243. The van der Waals surface area contributed by atoms with Crippen LogP contribution in [0, 0.1) is 17.5 Å². The molecule has 6 heterocycles. The number of phenols is 1. The fourth-order valence-corrected chi connectivity index (χ4v) is 9.61. The third-order valence-electron chi connectivity index (χ3n) is 9.74. The van der Waals surface area contributed by atoms with Gasteiger partial charge in [0.1, 0.15) is 46.1 Å². The zero-order valence-electron chi connectivity index (χ0n) is 23.6. The third-order valence-corrected chi connectivity index (χ3v) is 11.8. The number of anilines is 1. The molecule has 4 aliphatic rings. The molecule has 2 aromatic heterocycles. The first-order valence-electron chi connectivity index (χ1n) is 14.8. The lowest BCUT2D eigenvalue weighted by Gasteiger charge is -2.35. The number of hydrogen-bond donors (Lipinski definition) is 1. The summed E-state index contributed by atoms with van der Waals surface area (Å²) >= 11 is -0.955. The predicted octanol–water partition coefficient (Wildman–Crippen LogP) is 5.02. The summed E-state index contributed by atoms with van der Waals surface area (Å²) in [5.41, 5.74) is -1.08. The third kappa shape index (κ3) is 4.38. The van der Waals surface area contributed by atoms with Gasteiger partial charge in [-0.3, -0.25) is 9.88 Å². The van der Waals surface area contributed by atoms with Crippen LogP contribution < -0.4 is 9.64 Å². The van der Waals surface area contributed by atoms with Gasteiger partial charge in [0.05, 0.1) is 24.0 Å². The molecule has 13 heteroatoms. The van der Waals surface area contributed by atoms with Crippen molar-refractivity contribution in [1.82, 2.24) is 19.9 Å². The van der Waals surface area contributed by atoms with E-state index in [9.17, 15) is 18.4 Å². The summed E-state index contributed by atoms with van der Waals surface area (Å²) in [6.07, 6.45) is 4.11. The van der Waals surface area contributed by atoms with Gasteiger partial charge in [-0.25, -0.2) is 17.6 Å². The number of nitrogens with zero attached hydrogens (tertiary/aromatic N) is 5. The minimum Gasteiger partial charge on any atom is -0.616 e. The number of pyridine rings is 1. The van der Waals surface area contributed by atoms with E-state index in [2.05, 4.69) is 14.9 Å². The lowest BCUT2D eigenvalue weighted by atomic mass is 9.95. The lowest BCUT2D eigenvalue weighted by Crippen LogP contribution is -2.47. The van der Waals surface area contributed by atoms with E-state index in [4.69, 9.17) is 9.72 Å². The van der Waals surface area contributed by atoms with Gasteiger partial charge in [0.2, 0.25) is 0 Å². The Morgan fingerprint density at radius 1 is 1.07 bits per heavy atom. The molecule has 4 fully saturated rings. The van der Waals surface area contributed by atoms with Crippen molar-refractivity contribution in [3.05, 3.63) is 47.9 Å². The van der Waals surface area contributed by atoms with E-state index in [0.29, 0.717) is 31.9 Å². The molecule has 2 bridgehead atoms. The molecule has 1 unspecified atom stereocenters. The second kappa shape index (κ2) is 10.3. The predicted molar refractivity (Wildman–Crippen MR) is 158 cm³/mol. The first-order valence-corrected chi connectivity index (χ1v) is 16.1. The number of alkyl halides is 1. The van der Waals surface area contributed by atoms with Gasteiger partial charge in [-0.15, -0.1) is 0 Å². The molecule has 230 valence electrons. The van der Waals surface area contributed by atoms with Crippen LogP contribution in [0.4, 0.5) is 23.4 Å². The number of fused-ring (bicyclic) bond motifs is 5. The van der Waals surface area contributed by atoms with Gasteiger partial charge in [0, 0.05) is 43.0 Å². The molecule has 8 rings (SSSR count). The fourth-order valence-electron chi connectivity index (χ4n) is 7.67. The van der Waals surface area contributed by atoms with Crippen LogP contribution in [0.25, 0.3) is 32.9 Å². The van der Waals surface area contributed by atoms with Crippen molar-refractivity contribution in [2.75, 3.05) is 37.7 Å². The smallest absolute Gasteiger partial charge is 0.319 e. The van der Waals surface area contributed by atoms with Crippen molar-refractivity contribution in [3.63, 3.8) is 0 Å². The molecule has 4 aliphatic heterocycles. The van der Waals surface area contributed by atoms with Gasteiger partial charge >= 0.3 is 6.01 Å². The molecule has 0 amide bonds. The summed E-state index contributed by atoms with van der Waals surface area (Å²) in [4.78, 5) is 17.5. The van der Waals surface area contributed by atoms with Gasteiger partial charge in [-0.2, -0.15) is 9.97 Å². The highest BCUT2D eigenvalue weighted by Gasteiger charge is 2.50. The van der Waals surface area contributed by atoms with Gasteiger partial charge in [-0.1, -0.05) is 6.07 Å². The van der Waals surface area contributed by atoms with Crippen molar-refractivity contribution in [2.45, 2.75) is 54.3 Å². The number of aromatic hydroxyl groups is 1. The molecule has 5 atom stereocenters. The van der Waals surface area contributed by atoms with Crippen molar-refractivity contribution < 1.29 is 32.0 Å². The monoisotopic (exact) mass is 627 g/mol. The number of rotatable bonds is 5. The van der Waals surface area contributed by atoms with E-state index < -0.39 is 40.3 Å². The summed E-state index contributed by atoms with van der Waals surface area (Å²) in [7, 11) is 0. The number of phenolic OH excluding ortho intramolecular Hbond substituents is 1. The second-order valence-corrected chi connectivity index (χ2v) is 14.4. The number of hydrogen-bond acceptors (Lipinski definition) is 8. The fraction of sp³-hybridized carbons (Fsp3) is 0.452. The van der Waals surface area contributed by atoms with Crippen LogP contribution >= 0.6 is 0 Å². The lowest BCUT2D eigenvalue weighted by molar-refractivity contribution is 0.107. The Morgan fingerprint density at radius 3 is 2.66 bits per heavy atom. The SMILES string of the molecule is [O-][S+]1[C@@H]2CC[C@H]1CN(c1nc(OC[C@@]34CCCN3C[C@H](F)C4)nc3c(F)c(-c4cc(O)cc5ccc(F)c(F)c45)ncc13)C2. The topological polar surface area (TPSA) is 97.7 Å². The van der Waals surface area contributed by atoms with E-state index >= 15 is 8.78 Å². The van der Waals surface area contributed by atoms with Crippen LogP contribution in [0.1, 0.15) is 32.1 Å². The number of benzene rings is 2. The highest BCUT2D eigenvalue weighted by atomic mass is 32.2. The van der Waals surface area contributed by atoms with E-state index in [1.807, 2.05) is 4.90 Å². The minimum absolute atomic E-state index is 0.0392. The number of halogens is 4. The Balaban J connectivity index is 1.26. The summed E-state index contributed by atoms with van der Waals surface area (Å²) in [5.74, 6) is -3.12. The first-order chi connectivity index (χ1) is 21.2. The molecule has 0 saturated carbocycles. The van der Waals surface area contributed by atoms with Gasteiger partial charge < -0.3 is 19.3 Å². The molecule has 44 heavy (non-hydrogen) atoms. The average molecular weight is 628 g/mol. The summed E-state index contributed by atoms with van der Waals surface area (Å²) in [5, 5.41) is 10.5. The molecule has 0 spiro atoms. The zero-order valence-corrected chi connectivity index (χ0v) is 24.4. The maximum atomic E-state index is 16.6. The Kier molecular flexibility index (Phi) is 6.58. The molecule has 8 nitrogen and oxygen atoms in total. The molecule has 0 radical (unpaired) electrons. The largest absolute Gasteiger partial charge is 0.616 e. The maximum absolute atomic E-state index is 16.6. The Bertz CT molecular complexity index is 1800. The van der Waals surface area contributed by atoms with Crippen molar-refractivity contribution in [2.24, 2.45) is 0 Å². The van der Waals surface area contributed by atoms with Crippen LogP contribution in [-0.4, -0.2) is 84.5 Å². The summed E-state index contributed by atoms with van der Waals surface area (Å²) in [6, 6.07) is 4.54. The highest BCUT2D eigenvalue weighted by Crippen LogP contribution is 2.42. The molecule has 2 aromatic carbocycles. The normalized spacial score (nSPS) is 28.3.